The summed E-state index contributed by atoms with van der Waals surface area (Å²) in [5.74, 6) is 0.409. The number of nitrogens with two attached hydrogens (primary N) is 1. The van der Waals surface area contributed by atoms with E-state index in [-0.39, 0.29) is 0 Å². The minimum absolute atomic E-state index is 0.409. The molecule has 3 rings (SSSR count). The van der Waals surface area contributed by atoms with Gasteiger partial charge in [0.25, 0.3) is 0 Å². The molecular weight excluding hydrogens is 268 g/mol. The van der Waals surface area contributed by atoms with Crippen molar-refractivity contribution in [3.8, 4) is 10.4 Å². The topological polar surface area (TPSA) is 52.0 Å². The molecule has 0 saturated heterocycles. The molecule has 3 nitrogen and oxygen atoms in total. The molecular formula is C16H16N2OS. The first-order chi connectivity index (χ1) is 9.74. The van der Waals surface area contributed by atoms with Gasteiger partial charge in [0, 0.05) is 4.88 Å². The highest BCUT2D eigenvalue weighted by Crippen LogP contribution is 2.33. The van der Waals surface area contributed by atoms with Crippen molar-refractivity contribution in [2.75, 3.05) is 5.73 Å². The Balaban J connectivity index is 1.80. The molecule has 1 aromatic carbocycles. The quantitative estimate of drug-likeness (QED) is 0.785. The van der Waals surface area contributed by atoms with Crippen LogP contribution in [0.1, 0.15) is 16.8 Å². The SMILES string of the molecule is Cc1ccc(CCc2noc(N)c2-c2cccs2)cc1. The summed E-state index contributed by atoms with van der Waals surface area (Å²) in [6, 6.07) is 12.6. The predicted octanol–water partition coefficient (Wildman–Crippen LogP) is 4.08. The number of anilines is 1. The third-order valence-electron chi connectivity index (χ3n) is 3.33. The lowest BCUT2D eigenvalue weighted by Gasteiger charge is -2.02. The fourth-order valence-corrected chi connectivity index (χ4v) is 3.01. The molecule has 0 spiro atoms. The first-order valence-corrected chi connectivity index (χ1v) is 7.45. The van der Waals surface area contributed by atoms with E-state index in [2.05, 4.69) is 36.3 Å². The highest BCUT2D eigenvalue weighted by atomic mass is 32.1. The lowest BCUT2D eigenvalue weighted by atomic mass is 10.0. The average molecular weight is 284 g/mol. The third kappa shape index (κ3) is 2.60. The van der Waals surface area contributed by atoms with Crippen molar-refractivity contribution in [2.45, 2.75) is 19.8 Å². The molecule has 0 radical (unpaired) electrons. The van der Waals surface area contributed by atoms with Crippen LogP contribution in [0.25, 0.3) is 10.4 Å². The first-order valence-electron chi connectivity index (χ1n) is 6.57. The molecule has 20 heavy (non-hydrogen) atoms. The molecule has 2 heterocycles. The van der Waals surface area contributed by atoms with Crippen molar-refractivity contribution < 1.29 is 4.52 Å². The van der Waals surface area contributed by atoms with Crippen LogP contribution in [-0.2, 0) is 12.8 Å². The normalized spacial score (nSPS) is 10.8. The molecule has 0 aliphatic heterocycles. The largest absolute Gasteiger partial charge is 0.367 e. The maximum atomic E-state index is 5.90. The minimum Gasteiger partial charge on any atom is -0.367 e. The van der Waals surface area contributed by atoms with Crippen LogP contribution in [0, 0.1) is 6.92 Å². The fourth-order valence-electron chi connectivity index (χ4n) is 2.21. The van der Waals surface area contributed by atoms with E-state index >= 15 is 0 Å². The van der Waals surface area contributed by atoms with E-state index in [1.165, 1.54) is 11.1 Å². The van der Waals surface area contributed by atoms with E-state index in [4.69, 9.17) is 10.3 Å². The van der Waals surface area contributed by atoms with Gasteiger partial charge in [-0.2, -0.15) is 0 Å². The number of thiophene rings is 1. The van der Waals surface area contributed by atoms with Crippen LogP contribution < -0.4 is 5.73 Å². The third-order valence-corrected chi connectivity index (χ3v) is 4.22. The van der Waals surface area contributed by atoms with Crippen LogP contribution in [0.15, 0.2) is 46.3 Å². The number of aryl methyl sites for hydroxylation is 3. The number of nitrogens with zero attached hydrogens (tertiary/aromatic N) is 1. The molecule has 0 bridgehead atoms. The molecule has 2 aromatic heterocycles. The Hall–Kier alpha value is -2.07. The average Bonchev–Trinajstić information content (AvgIpc) is 3.07. The van der Waals surface area contributed by atoms with Crippen molar-refractivity contribution in [2.24, 2.45) is 0 Å². The van der Waals surface area contributed by atoms with E-state index < -0.39 is 0 Å². The Bertz CT molecular complexity index is 684. The summed E-state index contributed by atoms with van der Waals surface area (Å²) < 4.78 is 5.16. The van der Waals surface area contributed by atoms with E-state index in [0.29, 0.717) is 5.88 Å². The van der Waals surface area contributed by atoms with Gasteiger partial charge in [0.15, 0.2) is 0 Å². The van der Waals surface area contributed by atoms with Gasteiger partial charge >= 0.3 is 0 Å². The Kier molecular flexibility index (Phi) is 3.56. The van der Waals surface area contributed by atoms with Crippen molar-refractivity contribution in [1.29, 1.82) is 0 Å². The van der Waals surface area contributed by atoms with Gasteiger partial charge in [0.2, 0.25) is 5.88 Å². The Labute approximate surface area is 122 Å². The van der Waals surface area contributed by atoms with E-state index in [1.54, 1.807) is 11.3 Å². The van der Waals surface area contributed by atoms with E-state index in [1.807, 2.05) is 17.5 Å². The number of hydrogen-bond acceptors (Lipinski definition) is 4. The van der Waals surface area contributed by atoms with Crippen LogP contribution in [0.2, 0.25) is 0 Å². The summed E-state index contributed by atoms with van der Waals surface area (Å²) in [6.07, 6.45) is 1.77. The summed E-state index contributed by atoms with van der Waals surface area (Å²) in [5, 5.41) is 6.14. The molecule has 102 valence electrons. The van der Waals surface area contributed by atoms with Gasteiger partial charge in [-0.05, 0) is 36.8 Å². The van der Waals surface area contributed by atoms with Gasteiger partial charge in [-0.3, -0.25) is 0 Å². The number of hydrogen-bond donors (Lipinski definition) is 1. The van der Waals surface area contributed by atoms with Crippen LogP contribution in [0.5, 0.6) is 0 Å². The van der Waals surface area contributed by atoms with Gasteiger partial charge in [0.1, 0.15) is 0 Å². The molecule has 4 heteroatoms. The summed E-state index contributed by atoms with van der Waals surface area (Å²) >= 11 is 1.65. The number of aromatic nitrogens is 1. The molecule has 0 atom stereocenters. The molecule has 0 saturated carbocycles. The van der Waals surface area contributed by atoms with Gasteiger partial charge in [-0.15, -0.1) is 11.3 Å². The smallest absolute Gasteiger partial charge is 0.231 e. The van der Waals surface area contributed by atoms with Crippen LogP contribution in [-0.4, -0.2) is 5.16 Å². The Morgan fingerprint density at radius 2 is 1.95 bits per heavy atom. The van der Waals surface area contributed by atoms with Gasteiger partial charge in [-0.1, -0.05) is 41.1 Å². The minimum atomic E-state index is 0.409. The van der Waals surface area contributed by atoms with Crippen molar-refractivity contribution in [3.05, 3.63) is 58.6 Å². The second-order valence-electron chi connectivity index (χ2n) is 4.83. The Morgan fingerprint density at radius 1 is 1.15 bits per heavy atom. The molecule has 0 unspecified atom stereocenters. The summed E-state index contributed by atoms with van der Waals surface area (Å²) in [7, 11) is 0. The second kappa shape index (κ2) is 5.51. The van der Waals surface area contributed by atoms with Gasteiger partial charge in [-0.25, -0.2) is 0 Å². The number of benzene rings is 1. The maximum Gasteiger partial charge on any atom is 0.231 e. The second-order valence-corrected chi connectivity index (χ2v) is 5.78. The number of rotatable bonds is 4. The molecule has 0 amide bonds. The van der Waals surface area contributed by atoms with Crippen molar-refractivity contribution in [1.82, 2.24) is 5.16 Å². The predicted molar refractivity (Wildman–Crippen MR) is 82.8 cm³/mol. The standard InChI is InChI=1S/C16H16N2OS/c1-11-4-6-12(7-5-11)8-9-13-15(16(17)19-18-13)14-3-2-10-20-14/h2-7,10H,8-9,17H2,1H3. The monoisotopic (exact) mass is 284 g/mol. The number of nitrogen functional groups attached to an aromatic ring is 1. The molecule has 0 aliphatic rings. The van der Waals surface area contributed by atoms with Crippen LogP contribution in [0.4, 0.5) is 5.88 Å². The maximum absolute atomic E-state index is 5.90. The van der Waals surface area contributed by atoms with Crippen LogP contribution in [0.3, 0.4) is 0 Å². The highest BCUT2D eigenvalue weighted by Gasteiger charge is 2.16. The van der Waals surface area contributed by atoms with Crippen molar-refractivity contribution >= 4 is 17.2 Å². The van der Waals surface area contributed by atoms with E-state index in [9.17, 15) is 0 Å². The summed E-state index contributed by atoms with van der Waals surface area (Å²) in [5.41, 5.74) is 10.4. The van der Waals surface area contributed by atoms with E-state index in [0.717, 1.165) is 29.0 Å². The zero-order chi connectivity index (χ0) is 13.9. The zero-order valence-corrected chi connectivity index (χ0v) is 12.1. The lowest BCUT2D eigenvalue weighted by molar-refractivity contribution is 0.427. The Morgan fingerprint density at radius 3 is 2.65 bits per heavy atom. The summed E-state index contributed by atoms with van der Waals surface area (Å²) in [6.45, 7) is 2.09. The lowest BCUT2D eigenvalue weighted by Crippen LogP contribution is -1.94. The molecule has 0 fully saturated rings. The molecule has 3 aromatic rings. The zero-order valence-electron chi connectivity index (χ0n) is 11.3. The van der Waals surface area contributed by atoms with Crippen LogP contribution >= 0.6 is 11.3 Å². The first kappa shape index (κ1) is 12.9. The van der Waals surface area contributed by atoms with Gasteiger partial charge < -0.3 is 10.3 Å². The molecule has 2 N–H and O–H groups in total. The van der Waals surface area contributed by atoms with Gasteiger partial charge in [0.05, 0.1) is 11.3 Å². The summed E-state index contributed by atoms with van der Waals surface area (Å²) in [4.78, 5) is 1.11. The van der Waals surface area contributed by atoms with Crippen molar-refractivity contribution in [3.63, 3.8) is 0 Å². The fraction of sp³-hybridized carbons (Fsp3) is 0.188. The highest BCUT2D eigenvalue weighted by molar-refractivity contribution is 7.13. The molecule has 0 aliphatic carbocycles.